The molecule has 5 heteroatoms. The highest BCUT2D eigenvalue weighted by Gasteiger charge is 2.63. The van der Waals surface area contributed by atoms with E-state index < -0.39 is 23.4 Å². The van der Waals surface area contributed by atoms with Crippen LogP contribution in [0.15, 0.2) is 115 Å². The number of hydrogen-bond acceptors (Lipinski definition) is 5. The molecular weight excluding hydrogens is 470 g/mol. The van der Waals surface area contributed by atoms with E-state index in [2.05, 4.69) is 12.1 Å². The number of carbonyl (C=O) groups excluding carboxylic acids is 1. The van der Waals surface area contributed by atoms with E-state index in [-0.39, 0.29) is 5.78 Å². The molecule has 4 aromatic carbocycles. The van der Waals surface area contributed by atoms with Crippen LogP contribution >= 0.6 is 0 Å². The molecule has 0 saturated carbocycles. The van der Waals surface area contributed by atoms with Crippen LogP contribution in [-0.4, -0.2) is 17.9 Å². The van der Waals surface area contributed by atoms with E-state index in [4.69, 9.17) is 4.74 Å². The first kappa shape index (κ1) is 23.3. The Morgan fingerprint density at radius 2 is 1.45 bits per heavy atom. The van der Waals surface area contributed by atoms with Crippen molar-refractivity contribution in [2.24, 2.45) is 5.41 Å². The minimum Gasteiger partial charge on any atom is -0.457 e. The maximum atomic E-state index is 14.3. The molecular formula is C33H23N3O2. The molecule has 0 N–H and O–H groups in total. The summed E-state index contributed by atoms with van der Waals surface area (Å²) in [5.41, 5.74) is 1.52. The highest BCUT2D eigenvalue weighted by molar-refractivity contribution is 6.04. The smallest absolute Gasteiger partial charge is 0.185 e. The number of fused-ring (bicyclic) bond motifs is 3. The van der Waals surface area contributed by atoms with Crippen LogP contribution in [0.5, 0.6) is 11.5 Å². The number of para-hydroxylation sites is 2. The van der Waals surface area contributed by atoms with Gasteiger partial charge in [0, 0.05) is 17.2 Å². The van der Waals surface area contributed by atoms with Crippen LogP contribution in [0.4, 0.5) is 5.69 Å². The molecule has 5 nitrogen and oxygen atoms in total. The third-order valence-electron chi connectivity index (χ3n) is 7.44. The number of Topliss-reactive ketones (excluding diaryl/α,β-unsaturated/α-hetero) is 1. The quantitative estimate of drug-likeness (QED) is 0.287. The molecule has 0 bridgehead atoms. The van der Waals surface area contributed by atoms with Crippen LogP contribution in [0.1, 0.15) is 27.4 Å². The molecule has 182 valence electrons. The van der Waals surface area contributed by atoms with Crippen LogP contribution in [0.3, 0.4) is 0 Å². The van der Waals surface area contributed by atoms with Gasteiger partial charge in [-0.25, -0.2) is 0 Å². The lowest BCUT2D eigenvalue weighted by atomic mass is 9.69. The van der Waals surface area contributed by atoms with Crippen molar-refractivity contribution in [3.63, 3.8) is 0 Å². The minimum atomic E-state index is -1.51. The fraction of sp³-hybridized carbons (Fsp3) is 0.121. The molecule has 0 aromatic heterocycles. The maximum Gasteiger partial charge on any atom is 0.185 e. The lowest BCUT2D eigenvalue weighted by Gasteiger charge is -2.35. The standard InChI is InChI=1S/C33H23N3O2/c34-21-33(22-35)29-19-18-23-10-7-8-17-28(23)36(29)31(32(37)24-11-3-1-4-12-24)30(33)25-13-9-16-27(20-25)38-26-14-5-2-6-15-26/h1-20,29-31H/t29-,30+,31+/m1/s1. The van der Waals surface area contributed by atoms with E-state index in [1.165, 1.54) is 0 Å². The van der Waals surface area contributed by atoms with Crippen molar-refractivity contribution in [3.05, 3.63) is 132 Å². The zero-order chi connectivity index (χ0) is 26.1. The normalized spacial score (nSPS) is 20.5. The number of nitrogens with zero attached hydrogens (tertiary/aromatic N) is 3. The highest BCUT2D eigenvalue weighted by Crippen LogP contribution is 2.55. The Balaban J connectivity index is 1.55. The molecule has 0 amide bonds. The Labute approximate surface area is 221 Å². The summed E-state index contributed by atoms with van der Waals surface area (Å²) >= 11 is 0. The zero-order valence-electron chi connectivity index (χ0n) is 20.4. The predicted molar refractivity (Wildman–Crippen MR) is 146 cm³/mol. The average molecular weight is 494 g/mol. The van der Waals surface area contributed by atoms with Crippen molar-refractivity contribution < 1.29 is 9.53 Å². The molecule has 1 fully saturated rings. The van der Waals surface area contributed by atoms with E-state index in [1.54, 1.807) is 12.1 Å². The SMILES string of the molecule is N#CC1(C#N)[C@@H](c2cccc(Oc3ccccc3)c2)[C@@H](C(=O)c2ccccc2)N2c3ccccc3C=C[C@@H]21. The van der Waals surface area contributed by atoms with Crippen LogP contribution < -0.4 is 9.64 Å². The van der Waals surface area contributed by atoms with E-state index in [1.807, 2.05) is 114 Å². The fourth-order valence-electron chi connectivity index (χ4n) is 5.78. The molecule has 1 saturated heterocycles. The average Bonchev–Trinajstić information content (AvgIpc) is 3.29. The highest BCUT2D eigenvalue weighted by atomic mass is 16.5. The molecule has 6 rings (SSSR count). The van der Waals surface area contributed by atoms with Gasteiger partial charge in [0.25, 0.3) is 0 Å². The Kier molecular flexibility index (Phi) is 5.75. The Morgan fingerprint density at radius 3 is 2.18 bits per heavy atom. The minimum absolute atomic E-state index is 0.132. The Morgan fingerprint density at radius 1 is 0.789 bits per heavy atom. The molecule has 0 unspecified atom stereocenters. The van der Waals surface area contributed by atoms with Gasteiger partial charge in [-0.05, 0) is 41.5 Å². The molecule has 2 aliphatic rings. The maximum absolute atomic E-state index is 14.3. The topological polar surface area (TPSA) is 77.1 Å². The summed E-state index contributed by atoms with van der Waals surface area (Å²) in [7, 11) is 0. The van der Waals surface area contributed by atoms with Gasteiger partial charge >= 0.3 is 0 Å². The molecule has 2 heterocycles. The van der Waals surface area contributed by atoms with Crippen LogP contribution in [0.2, 0.25) is 0 Å². The van der Waals surface area contributed by atoms with Gasteiger partial charge in [0.2, 0.25) is 0 Å². The first-order chi connectivity index (χ1) is 18.7. The van der Waals surface area contributed by atoms with Gasteiger partial charge in [-0.3, -0.25) is 4.79 Å². The third-order valence-corrected chi connectivity index (χ3v) is 7.44. The van der Waals surface area contributed by atoms with Gasteiger partial charge in [0.15, 0.2) is 11.2 Å². The molecule has 4 aromatic rings. The van der Waals surface area contributed by atoms with Crippen molar-refractivity contribution in [2.75, 3.05) is 4.90 Å². The van der Waals surface area contributed by atoms with E-state index in [9.17, 15) is 15.3 Å². The van der Waals surface area contributed by atoms with Crippen molar-refractivity contribution in [2.45, 2.75) is 18.0 Å². The second-order valence-corrected chi connectivity index (χ2v) is 9.50. The molecule has 0 spiro atoms. The third kappa shape index (κ3) is 3.65. The predicted octanol–water partition coefficient (Wildman–Crippen LogP) is 6.76. The van der Waals surface area contributed by atoms with E-state index in [0.29, 0.717) is 22.6 Å². The lowest BCUT2D eigenvalue weighted by molar-refractivity contribution is 0.0951. The van der Waals surface area contributed by atoms with Crippen LogP contribution in [-0.2, 0) is 0 Å². The summed E-state index contributed by atoms with van der Waals surface area (Å²) in [6.07, 6.45) is 3.84. The second-order valence-electron chi connectivity index (χ2n) is 9.50. The summed E-state index contributed by atoms with van der Waals surface area (Å²) in [6.45, 7) is 0. The molecule has 3 atom stereocenters. The molecule has 38 heavy (non-hydrogen) atoms. The van der Waals surface area contributed by atoms with Crippen LogP contribution in [0.25, 0.3) is 6.08 Å². The van der Waals surface area contributed by atoms with Gasteiger partial charge in [-0.15, -0.1) is 0 Å². The number of ketones is 1. The number of hydrogen-bond donors (Lipinski definition) is 0. The zero-order valence-corrected chi connectivity index (χ0v) is 20.4. The Bertz CT molecular complexity index is 1600. The molecule has 2 aliphatic heterocycles. The number of ether oxygens (including phenoxy) is 1. The second kappa shape index (κ2) is 9.39. The van der Waals surface area contributed by atoms with E-state index in [0.717, 1.165) is 11.3 Å². The first-order valence-electron chi connectivity index (χ1n) is 12.5. The first-order valence-corrected chi connectivity index (χ1v) is 12.5. The number of rotatable bonds is 5. The summed E-state index contributed by atoms with van der Waals surface area (Å²) in [5.74, 6) is 0.386. The molecule has 0 aliphatic carbocycles. The lowest BCUT2D eigenvalue weighted by Crippen LogP contribution is -2.44. The fourth-order valence-corrected chi connectivity index (χ4v) is 5.78. The summed E-state index contributed by atoms with van der Waals surface area (Å²) in [5, 5.41) is 21.3. The number of carbonyl (C=O) groups is 1. The summed E-state index contributed by atoms with van der Waals surface area (Å²) < 4.78 is 6.09. The van der Waals surface area contributed by atoms with E-state index >= 15 is 0 Å². The van der Waals surface area contributed by atoms with Gasteiger partial charge in [-0.1, -0.05) is 91.0 Å². The van der Waals surface area contributed by atoms with Crippen molar-refractivity contribution >= 4 is 17.5 Å². The van der Waals surface area contributed by atoms with Crippen molar-refractivity contribution in [1.29, 1.82) is 10.5 Å². The monoisotopic (exact) mass is 493 g/mol. The Hall–Kier alpha value is -5.13. The van der Waals surface area contributed by atoms with Gasteiger partial charge in [-0.2, -0.15) is 10.5 Å². The number of nitriles is 2. The largest absolute Gasteiger partial charge is 0.457 e. The van der Waals surface area contributed by atoms with Gasteiger partial charge in [0.1, 0.15) is 17.5 Å². The number of anilines is 1. The van der Waals surface area contributed by atoms with Gasteiger partial charge < -0.3 is 9.64 Å². The van der Waals surface area contributed by atoms with Gasteiger partial charge in [0.05, 0.1) is 18.2 Å². The van der Waals surface area contributed by atoms with Crippen molar-refractivity contribution in [1.82, 2.24) is 0 Å². The number of benzene rings is 4. The summed E-state index contributed by atoms with van der Waals surface area (Å²) in [6, 6.07) is 37.1. The summed E-state index contributed by atoms with van der Waals surface area (Å²) in [4.78, 5) is 16.3. The molecule has 0 radical (unpaired) electrons. The van der Waals surface area contributed by atoms with Crippen LogP contribution in [0, 0.1) is 28.1 Å². The van der Waals surface area contributed by atoms with Crippen molar-refractivity contribution in [3.8, 4) is 23.6 Å².